The van der Waals surface area contributed by atoms with Crippen LogP contribution in [0.2, 0.25) is 0 Å². The third kappa shape index (κ3) is 2.30. The first-order valence-electron chi connectivity index (χ1n) is 5.26. The molecule has 5 nitrogen and oxygen atoms in total. The zero-order valence-corrected chi connectivity index (χ0v) is 9.37. The highest BCUT2D eigenvalue weighted by Gasteiger charge is 2.13. The Morgan fingerprint density at radius 3 is 2.94 bits per heavy atom. The van der Waals surface area contributed by atoms with Crippen molar-refractivity contribution in [2.75, 3.05) is 0 Å². The van der Waals surface area contributed by atoms with Crippen molar-refractivity contribution in [1.82, 2.24) is 14.7 Å². The Bertz CT molecular complexity index is 434. The standard InChI is InChI=1S/C11H15N3O2/c1-8(2)11(15)9-3-4-14(5-9)6-10-12-7-16-13-10/h3-5,7-8,11,15H,6H2,1-2H3. The zero-order valence-electron chi connectivity index (χ0n) is 9.37. The summed E-state index contributed by atoms with van der Waals surface area (Å²) in [5.41, 5.74) is 0.915. The fraction of sp³-hybridized carbons (Fsp3) is 0.455. The maximum absolute atomic E-state index is 9.87. The van der Waals surface area contributed by atoms with E-state index in [0.717, 1.165) is 5.56 Å². The summed E-state index contributed by atoms with van der Waals surface area (Å²) in [5, 5.41) is 13.6. The Morgan fingerprint density at radius 1 is 1.50 bits per heavy atom. The summed E-state index contributed by atoms with van der Waals surface area (Å²) >= 11 is 0. The van der Waals surface area contributed by atoms with Crippen LogP contribution in [-0.2, 0) is 6.54 Å². The Kier molecular flexibility index (Phi) is 3.05. The maximum Gasteiger partial charge on any atom is 0.213 e. The molecule has 2 aromatic heterocycles. The smallest absolute Gasteiger partial charge is 0.213 e. The van der Waals surface area contributed by atoms with Gasteiger partial charge < -0.3 is 14.2 Å². The van der Waals surface area contributed by atoms with Gasteiger partial charge >= 0.3 is 0 Å². The molecule has 0 aliphatic carbocycles. The molecule has 0 amide bonds. The van der Waals surface area contributed by atoms with Crippen LogP contribution in [0.25, 0.3) is 0 Å². The van der Waals surface area contributed by atoms with Gasteiger partial charge in [-0.2, -0.15) is 4.98 Å². The summed E-state index contributed by atoms with van der Waals surface area (Å²) < 4.78 is 6.58. The number of hydrogen-bond acceptors (Lipinski definition) is 4. The summed E-state index contributed by atoms with van der Waals surface area (Å²) in [6.45, 7) is 4.53. The van der Waals surface area contributed by atoms with Crippen molar-refractivity contribution in [1.29, 1.82) is 0 Å². The topological polar surface area (TPSA) is 64.1 Å². The molecule has 0 aliphatic heterocycles. The van der Waals surface area contributed by atoms with Crippen LogP contribution < -0.4 is 0 Å². The van der Waals surface area contributed by atoms with E-state index in [1.54, 1.807) is 0 Å². The number of nitrogens with zero attached hydrogens (tertiary/aromatic N) is 3. The molecular formula is C11H15N3O2. The van der Waals surface area contributed by atoms with Gasteiger partial charge in [0.1, 0.15) is 0 Å². The molecule has 2 aromatic rings. The molecule has 0 bridgehead atoms. The van der Waals surface area contributed by atoms with Gasteiger partial charge in [-0.25, -0.2) is 0 Å². The summed E-state index contributed by atoms with van der Waals surface area (Å²) in [6.07, 6.45) is 4.69. The largest absolute Gasteiger partial charge is 0.388 e. The van der Waals surface area contributed by atoms with E-state index in [-0.39, 0.29) is 5.92 Å². The van der Waals surface area contributed by atoms with Crippen molar-refractivity contribution in [2.45, 2.75) is 26.5 Å². The monoisotopic (exact) mass is 221 g/mol. The fourth-order valence-corrected chi connectivity index (χ4v) is 1.54. The lowest BCUT2D eigenvalue weighted by molar-refractivity contribution is 0.127. The fourth-order valence-electron chi connectivity index (χ4n) is 1.54. The first kappa shape index (κ1) is 10.9. The third-order valence-corrected chi connectivity index (χ3v) is 2.48. The molecule has 0 saturated heterocycles. The van der Waals surface area contributed by atoms with E-state index < -0.39 is 6.10 Å². The first-order valence-corrected chi connectivity index (χ1v) is 5.26. The highest BCUT2D eigenvalue weighted by Crippen LogP contribution is 2.21. The summed E-state index contributed by atoms with van der Waals surface area (Å²) in [7, 11) is 0. The van der Waals surface area contributed by atoms with Crippen molar-refractivity contribution in [3.63, 3.8) is 0 Å². The molecule has 86 valence electrons. The number of aromatic nitrogens is 3. The predicted molar refractivity (Wildman–Crippen MR) is 57.6 cm³/mol. The molecule has 1 unspecified atom stereocenters. The van der Waals surface area contributed by atoms with E-state index in [2.05, 4.69) is 14.7 Å². The van der Waals surface area contributed by atoms with Gasteiger partial charge in [-0.3, -0.25) is 0 Å². The SMILES string of the molecule is CC(C)C(O)c1ccn(Cc2ncon2)c1. The van der Waals surface area contributed by atoms with E-state index in [9.17, 15) is 5.11 Å². The quantitative estimate of drug-likeness (QED) is 0.851. The van der Waals surface area contributed by atoms with E-state index in [0.29, 0.717) is 12.4 Å². The minimum atomic E-state index is -0.425. The summed E-state index contributed by atoms with van der Waals surface area (Å²) in [4.78, 5) is 3.94. The lowest BCUT2D eigenvalue weighted by atomic mass is 10.0. The van der Waals surface area contributed by atoms with Gasteiger partial charge in [0.2, 0.25) is 6.39 Å². The molecule has 1 atom stereocenters. The predicted octanol–water partition coefficient (Wildman–Crippen LogP) is 1.61. The normalized spacial score (nSPS) is 13.2. The van der Waals surface area contributed by atoms with Crippen LogP contribution in [0.15, 0.2) is 29.4 Å². The molecule has 0 aliphatic rings. The number of aliphatic hydroxyl groups excluding tert-OH is 1. The third-order valence-electron chi connectivity index (χ3n) is 2.48. The molecule has 0 radical (unpaired) electrons. The van der Waals surface area contributed by atoms with Crippen molar-refractivity contribution in [2.24, 2.45) is 5.92 Å². The molecule has 0 spiro atoms. The number of rotatable bonds is 4. The van der Waals surface area contributed by atoms with Crippen molar-refractivity contribution in [3.05, 3.63) is 36.2 Å². The Morgan fingerprint density at radius 2 is 2.31 bits per heavy atom. The molecule has 0 aromatic carbocycles. The van der Waals surface area contributed by atoms with Gasteiger partial charge in [0.15, 0.2) is 5.82 Å². The van der Waals surface area contributed by atoms with Crippen LogP contribution in [0.3, 0.4) is 0 Å². The molecule has 1 N–H and O–H groups in total. The summed E-state index contributed by atoms with van der Waals surface area (Å²) in [5.74, 6) is 0.835. The molecule has 0 saturated carbocycles. The van der Waals surface area contributed by atoms with E-state index in [1.807, 2.05) is 36.9 Å². The lowest BCUT2D eigenvalue weighted by Crippen LogP contribution is -2.04. The molecule has 2 heterocycles. The minimum absolute atomic E-state index is 0.209. The van der Waals surface area contributed by atoms with Crippen molar-refractivity contribution < 1.29 is 9.63 Å². The van der Waals surface area contributed by atoms with E-state index >= 15 is 0 Å². The van der Waals surface area contributed by atoms with Gasteiger partial charge in [-0.15, -0.1) is 0 Å². The Labute approximate surface area is 93.7 Å². The molecule has 5 heteroatoms. The average molecular weight is 221 g/mol. The van der Waals surface area contributed by atoms with E-state index in [1.165, 1.54) is 6.39 Å². The van der Waals surface area contributed by atoms with Crippen LogP contribution in [0, 0.1) is 5.92 Å². The number of aliphatic hydroxyl groups is 1. The second kappa shape index (κ2) is 4.49. The van der Waals surface area contributed by atoms with Crippen LogP contribution in [0.4, 0.5) is 0 Å². The van der Waals surface area contributed by atoms with Crippen LogP contribution in [0.1, 0.15) is 31.3 Å². The van der Waals surface area contributed by atoms with Crippen molar-refractivity contribution in [3.8, 4) is 0 Å². The van der Waals surface area contributed by atoms with Crippen molar-refractivity contribution >= 4 is 0 Å². The lowest BCUT2D eigenvalue weighted by Gasteiger charge is -2.12. The second-order valence-corrected chi connectivity index (χ2v) is 4.15. The van der Waals surface area contributed by atoms with Gasteiger partial charge in [0.25, 0.3) is 0 Å². The molecule has 2 rings (SSSR count). The number of hydrogen-bond donors (Lipinski definition) is 1. The van der Waals surface area contributed by atoms with Gasteiger partial charge in [0.05, 0.1) is 12.6 Å². The van der Waals surface area contributed by atoms with Gasteiger partial charge in [0, 0.05) is 12.4 Å². The zero-order chi connectivity index (χ0) is 11.5. The Hall–Kier alpha value is -1.62. The van der Waals surface area contributed by atoms with Crippen LogP contribution in [0.5, 0.6) is 0 Å². The highest BCUT2D eigenvalue weighted by atomic mass is 16.5. The minimum Gasteiger partial charge on any atom is -0.388 e. The first-order chi connectivity index (χ1) is 7.66. The molecule has 0 fully saturated rings. The second-order valence-electron chi connectivity index (χ2n) is 4.15. The van der Waals surface area contributed by atoms with Crippen LogP contribution >= 0.6 is 0 Å². The van der Waals surface area contributed by atoms with Crippen LogP contribution in [-0.4, -0.2) is 19.8 Å². The highest BCUT2D eigenvalue weighted by molar-refractivity contribution is 5.14. The van der Waals surface area contributed by atoms with Gasteiger partial charge in [-0.05, 0) is 17.5 Å². The molecular weight excluding hydrogens is 206 g/mol. The molecule has 16 heavy (non-hydrogen) atoms. The Balaban J connectivity index is 2.08. The van der Waals surface area contributed by atoms with E-state index in [4.69, 9.17) is 0 Å². The average Bonchev–Trinajstić information content (AvgIpc) is 2.88. The maximum atomic E-state index is 9.87. The van der Waals surface area contributed by atoms with Gasteiger partial charge in [-0.1, -0.05) is 19.0 Å². The summed E-state index contributed by atoms with van der Waals surface area (Å²) in [6, 6.07) is 1.91.